The first-order chi connectivity index (χ1) is 13.4. The summed E-state index contributed by atoms with van der Waals surface area (Å²) < 4.78 is 1.81. The topological polar surface area (TPSA) is 68.0 Å². The molecule has 1 aromatic carbocycles. The van der Waals surface area contributed by atoms with Crippen molar-refractivity contribution in [3.05, 3.63) is 60.9 Å². The van der Waals surface area contributed by atoms with Gasteiger partial charge in [0.1, 0.15) is 5.82 Å². The number of aromatic nitrogens is 5. The van der Waals surface area contributed by atoms with Crippen molar-refractivity contribution in [2.75, 3.05) is 5.32 Å². The van der Waals surface area contributed by atoms with Crippen LogP contribution in [0.4, 0.5) is 5.82 Å². The van der Waals surface area contributed by atoms with Crippen LogP contribution in [0.3, 0.4) is 0 Å². The molecular weight excluding hydrogens is 336 g/mol. The van der Waals surface area contributed by atoms with E-state index in [0.29, 0.717) is 17.6 Å². The van der Waals surface area contributed by atoms with Gasteiger partial charge in [-0.25, -0.2) is 4.98 Å². The molecule has 0 atom stereocenters. The molecule has 0 amide bonds. The van der Waals surface area contributed by atoms with E-state index in [1.54, 1.807) is 12.4 Å². The Balaban J connectivity index is 1.64. The summed E-state index contributed by atoms with van der Waals surface area (Å²) in [7, 11) is 0. The van der Waals surface area contributed by atoms with Gasteiger partial charge in [0, 0.05) is 35.6 Å². The summed E-state index contributed by atoms with van der Waals surface area (Å²) in [4.78, 5) is 13.6. The van der Waals surface area contributed by atoms with E-state index in [-0.39, 0.29) is 0 Å². The molecule has 0 bridgehead atoms. The van der Waals surface area contributed by atoms with Crippen LogP contribution in [0, 0.1) is 0 Å². The van der Waals surface area contributed by atoms with Crippen molar-refractivity contribution in [2.24, 2.45) is 0 Å². The molecule has 6 nitrogen and oxygen atoms in total. The Hall–Kier alpha value is -3.28. The Morgan fingerprint density at radius 2 is 1.74 bits per heavy atom. The molecule has 5 rings (SSSR count). The van der Waals surface area contributed by atoms with E-state index in [9.17, 15) is 0 Å². The molecule has 0 unspecified atom stereocenters. The number of hydrogen-bond acceptors (Lipinski definition) is 5. The van der Waals surface area contributed by atoms with Gasteiger partial charge in [0.25, 0.3) is 5.78 Å². The molecule has 3 aromatic heterocycles. The summed E-state index contributed by atoms with van der Waals surface area (Å²) in [5.74, 6) is 2.17. The van der Waals surface area contributed by atoms with Crippen LogP contribution in [0.1, 0.15) is 25.7 Å². The summed E-state index contributed by atoms with van der Waals surface area (Å²) in [5.41, 5.74) is 2.85. The molecule has 0 spiro atoms. The highest BCUT2D eigenvalue weighted by atomic mass is 15.4. The van der Waals surface area contributed by atoms with Crippen molar-refractivity contribution >= 4 is 11.6 Å². The van der Waals surface area contributed by atoms with Crippen molar-refractivity contribution in [3.63, 3.8) is 0 Å². The minimum absolute atomic E-state index is 0.477. The zero-order valence-electron chi connectivity index (χ0n) is 14.9. The highest BCUT2D eigenvalue weighted by molar-refractivity contribution is 5.67. The standard InChI is InChI=1S/C21H20N6/c1-2-7-15(8-3-1)18-13-19(23-17-10-4-5-11-17)27-21(24-18)25-20(26-27)16-9-6-12-22-14-16/h1-3,6-9,12-14,17,23H,4-5,10-11H2. The fourth-order valence-electron chi connectivity index (χ4n) is 3.62. The lowest BCUT2D eigenvalue weighted by Crippen LogP contribution is -2.17. The number of nitrogens with one attached hydrogen (secondary N) is 1. The van der Waals surface area contributed by atoms with Crippen molar-refractivity contribution in [3.8, 4) is 22.6 Å². The first-order valence-corrected chi connectivity index (χ1v) is 9.37. The van der Waals surface area contributed by atoms with E-state index in [0.717, 1.165) is 22.6 Å². The van der Waals surface area contributed by atoms with Gasteiger partial charge in [0.15, 0.2) is 5.82 Å². The Morgan fingerprint density at radius 3 is 2.52 bits per heavy atom. The zero-order valence-corrected chi connectivity index (χ0v) is 14.9. The van der Waals surface area contributed by atoms with Crippen LogP contribution in [-0.4, -0.2) is 30.6 Å². The molecule has 0 aliphatic heterocycles. The van der Waals surface area contributed by atoms with Crippen molar-refractivity contribution < 1.29 is 0 Å². The van der Waals surface area contributed by atoms with E-state index in [2.05, 4.69) is 33.5 Å². The number of hydrogen-bond donors (Lipinski definition) is 1. The maximum Gasteiger partial charge on any atom is 0.255 e. The molecule has 3 heterocycles. The van der Waals surface area contributed by atoms with Crippen LogP contribution in [0.15, 0.2) is 60.9 Å². The van der Waals surface area contributed by atoms with E-state index in [4.69, 9.17) is 10.1 Å². The van der Waals surface area contributed by atoms with Gasteiger partial charge in [-0.15, -0.1) is 5.10 Å². The van der Waals surface area contributed by atoms with E-state index >= 15 is 0 Å². The Bertz CT molecular complexity index is 1050. The first-order valence-electron chi connectivity index (χ1n) is 9.37. The molecular formula is C21H20N6. The van der Waals surface area contributed by atoms with Gasteiger partial charge in [-0.2, -0.15) is 9.50 Å². The molecule has 1 N–H and O–H groups in total. The number of benzene rings is 1. The number of fused-ring (bicyclic) bond motifs is 1. The maximum atomic E-state index is 4.76. The molecule has 1 aliphatic carbocycles. The van der Waals surface area contributed by atoms with E-state index in [1.807, 2.05) is 34.8 Å². The number of pyridine rings is 1. The Kier molecular flexibility index (Phi) is 4.01. The normalized spacial score (nSPS) is 14.7. The molecule has 1 saturated carbocycles. The molecule has 0 radical (unpaired) electrons. The number of anilines is 1. The van der Waals surface area contributed by atoms with Crippen LogP contribution in [-0.2, 0) is 0 Å². The predicted octanol–water partition coefficient (Wildman–Crippen LogP) is 4.21. The summed E-state index contributed by atoms with van der Waals surface area (Å²) in [6, 6.07) is 16.6. The molecule has 1 aliphatic rings. The monoisotopic (exact) mass is 356 g/mol. The summed E-state index contributed by atoms with van der Waals surface area (Å²) in [5, 5.41) is 8.36. The highest BCUT2D eigenvalue weighted by Crippen LogP contribution is 2.27. The molecule has 27 heavy (non-hydrogen) atoms. The third-order valence-electron chi connectivity index (χ3n) is 5.01. The first kappa shape index (κ1) is 15.9. The predicted molar refractivity (Wildman–Crippen MR) is 105 cm³/mol. The van der Waals surface area contributed by atoms with Gasteiger partial charge in [-0.1, -0.05) is 43.2 Å². The molecule has 0 saturated heterocycles. The van der Waals surface area contributed by atoms with Crippen molar-refractivity contribution in [1.29, 1.82) is 0 Å². The minimum Gasteiger partial charge on any atom is -0.367 e. The fraction of sp³-hybridized carbons (Fsp3) is 0.238. The second kappa shape index (κ2) is 6.79. The zero-order chi connectivity index (χ0) is 18.1. The van der Waals surface area contributed by atoms with Gasteiger partial charge in [0.05, 0.1) is 5.69 Å². The number of rotatable bonds is 4. The third-order valence-corrected chi connectivity index (χ3v) is 5.01. The second-order valence-electron chi connectivity index (χ2n) is 6.91. The summed E-state index contributed by atoms with van der Waals surface area (Å²) in [6.45, 7) is 0. The smallest absolute Gasteiger partial charge is 0.255 e. The fourth-order valence-corrected chi connectivity index (χ4v) is 3.62. The SMILES string of the molecule is c1ccc(-c2cc(NC3CCCC3)n3nc(-c4cccnc4)nc3n2)cc1. The average Bonchev–Trinajstić information content (AvgIpc) is 3.39. The van der Waals surface area contributed by atoms with E-state index in [1.165, 1.54) is 25.7 Å². The lowest BCUT2D eigenvalue weighted by Gasteiger charge is -2.15. The van der Waals surface area contributed by atoms with Crippen molar-refractivity contribution in [2.45, 2.75) is 31.7 Å². The molecule has 4 aromatic rings. The molecule has 6 heteroatoms. The van der Waals surface area contributed by atoms with Gasteiger partial charge in [-0.05, 0) is 25.0 Å². The van der Waals surface area contributed by atoms with Crippen LogP contribution < -0.4 is 5.32 Å². The van der Waals surface area contributed by atoms with Crippen LogP contribution in [0.25, 0.3) is 28.4 Å². The van der Waals surface area contributed by atoms with Gasteiger partial charge in [-0.3, -0.25) is 4.98 Å². The average molecular weight is 356 g/mol. The van der Waals surface area contributed by atoms with E-state index < -0.39 is 0 Å². The molecule has 1 fully saturated rings. The van der Waals surface area contributed by atoms with Gasteiger partial charge < -0.3 is 5.32 Å². The maximum absolute atomic E-state index is 4.76. The largest absolute Gasteiger partial charge is 0.367 e. The lowest BCUT2D eigenvalue weighted by atomic mass is 10.1. The van der Waals surface area contributed by atoms with Crippen LogP contribution in [0.2, 0.25) is 0 Å². The molecule has 134 valence electrons. The van der Waals surface area contributed by atoms with Crippen LogP contribution >= 0.6 is 0 Å². The summed E-state index contributed by atoms with van der Waals surface area (Å²) in [6.07, 6.45) is 8.45. The quantitative estimate of drug-likeness (QED) is 0.593. The van der Waals surface area contributed by atoms with Crippen LogP contribution in [0.5, 0.6) is 0 Å². The van der Waals surface area contributed by atoms with Crippen molar-refractivity contribution in [1.82, 2.24) is 24.6 Å². The highest BCUT2D eigenvalue weighted by Gasteiger charge is 2.19. The van der Waals surface area contributed by atoms with Gasteiger partial charge in [0.2, 0.25) is 0 Å². The number of nitrogens with zero attached hydrogens (tertiary/aromatic N) is 5. The lowest BCUT2D eigenvalue weighted by molar-refractivity contribution is 0.740. The Labute approximate surface area is 157 Å². The second-order valence-corrected chi connectivity index (χ2v) is 6.91. The Morgan fingerprint density at radius 1 is 0.926 bits per heavy atom. The van der Waals surface area contributed by atoms with Gasteiger partial charge >= 0.3 is 0 Å². The summed E-state index contributed by atoms with van der Waals surface area (Å²) >= 11 is 0. The minimum atomic E-state index is 0.477. The third kappa shape index (κ3) is 3.14.